The fourth-order valence-corrected chi connectivity index (χ4v) is 2.25. The maximum atomic E-state index is 12.9. The highest BCUT2D eigenvalue weighted by Gasteiger charge is 2.10. The van der Waals surface area contributed by atoms with Crippen molar-refractivity contribution >= 4 is 23.2 Å². The lowest BCUT2D eigenvalue weighted by Crippen LogP contribution is -1.87. The summed E-state index contributed by atoms with van der Waals surface area (Å²) in [5, 5.41) is 0.990. The molecule has 0 fully saturated rings. The van der Waals surface area contributed by atoms with E-state index in [0.717, 1.165) is 16.7 Å². The van der Waals surface area contributed by atoms with E-state index >= 15 is 0 Å². The lowest BCUT2D eigenvalue weighted by Gasteiger charge is -2.10. The van der Waals surface area contributed by atoms with Crippen molar-refractivity contribution in [3.8, 4) is 11.1 Å². The second-order valence-corrected chi connectivity index (χ2v) is 4.37. The molecule has 0 atom stereocenters. The Morgan fingerprint density at radius 1 is 1.00 bits per heavy atom. The SMILES string of the molecule is Cc1cccc(Cl)c1-c1ccc(F)cc1Cl. The summed E-state index contributed by atoms with van der Waals surface area (Å²) in [4.78, 5) is 0. The molecule has 0 saturated heterocycles. The average Bonchev–Trinajstić information content (AvgIpc) is 2.20. The number of benzene rings is 2. The molecule has 2 aromatic rings. The Hall–Kier alpha value is -1.05. The minimum absolute atomic E-state index is 0.349. The highest BCUT2D eigenvalue weighted by molar-refractivity contribution is 6.36. The molecule has 0 aromatic heterocycles. The van der Waals surface area contributed by atoms with E-state index in [1.807, 2.05) is 19.1 Å². The van der Waals surface area contributed by atoms with E-state index in [9.17, 15) is 4.39 Å². The first-order chi connectivity index (χ1) is 7.59. The molecule has 0 nitrogen and oxygen atoms in total. The first kappa shape index (κ1) is 11.4. The zero-order chi connectivity index (χ0) is 11.7. The quantitative estimate of drug-likeness (QED) is 0.664. The Morgan fingerprint density at radius 2 is 1.75 bits per heavy atom. The molecule has 0 aliphatic rings. The Balaban J connectivity index is 2.68. The first-order valence-corrected chi connectivity index (χ1v) is 5.55. The molecule has 3 heteroatoms. The molecule has 0 amide bonds. The van der Waals surface area contributed by atoms with E-state index in [1.54, 1.807) is 12.1 Å². The molecule has 0 aliphatic carbocycles. The third kappa shape index (κ3) is 2.06. The topological polar surface area (TPSA) is 0 Å². The molecular weight excluding hydrogens is 246 g/mol. The van der Waals surface area contributed by atoms with Crippen LogP contribution in [0.1, 0.15) is 5.56 Å². The van der Waals surface area contributed by atoms with Crippen molar-refractivity contribution in [1.29, 1.82) is 0 Å². The predicted molar refractivity (Wildman–Crippen MR) is 66.6 cm³/mol. The van der Waals surface area contributed by atoms with Gasteiger partial charge in [-0.25, -0.2) is 4.39 Å². The predicted octanol–water partition coefficient (Wildman–Crippen LogP) is 5.11. The fourth-order valence-electron chi connectivity index (χ4n) is 1.67. The molecule has 16 heavy (non-hydrogen) atoms. The lowest BCUT2D eigenvalue weighted by atomic mass is 10.0. The Morgan fingerprint density at radius 3 is 2.38 bits per heavy atom. The molecule has 0 unspecified atom stereocenters. The van der Waals surface area contributed by atoms with Crippen molar-refractivity contribution in [1.82, 2.24) is 0 Å². The van der Waals surface area contributed by atoms with Crippen molar-refractivity contribution in [3.05, 3.63) is 57.8 Å². The van der Waals surface area contributed by atoms with E-state index in [1.165, 1.54) is 12.1 Å². The van der Waals surface area contributed by atoms with Gasteiger partial charge in [-0.1, -0.05) is 35.3 Å². The van der Waals surface area contributed by atoms with Crippen LogP contribution in [0.2, 0.25) is 10.0 Å². The molecule has 2 aromatic carbocycles. The smallest absolute Gasteiger partial charge is 0.124 e. The van der Waals surface area contributed by atoms with Gasteiger partial charge in [-0.2, -0.15) is 0 Å². The van der Waals surface area contributed by atoms with Crippen molar-refractivity contribution in [3.63, 3.8) is 0 Å². The normalized spacial score (nSPS) is 10.5. The van der Waals surface area contributed by atoms with Crippen molar-refractivity contribution in [2.75, 3.05) is 0 Å². The van der Waals surface area contributed by atoms with Gasteiger partial charge in [0.25, 0.3) is 0 Å². The van der Waals surface area contributed by atoms with E-state index in [0.29, 0.717) is 10.0 Å². The molecular formula is C13H9Cl2F. The molecule has 0 aliphatic heterocycles. The molecule has 82 valence electrons. The monoisotopic (exact) mass is 254 g/mol. The highest BCUT2D eigenvalue weighted by Crippen LogP contribution is 2.35. The molecule has 0 saturated carbocycles. The Kier molecular flexibility index (Phi) is 3.17. The molecule has 0 heterocycles. The standard InChI is InChI=1S/C13H9Cl2F/c1-8-3-2-4-11(14)13(8)10-6-5-9(16)7-12(10)15/h2-7H,1H3. The maximum Gasteiger partial charge on any atom is 0.124 e. The number of rotatable bonds is 1. The summed E-state index contributed by atoms with van der Waals surface area (Å²) in [5.74, 6) is -0.349. The van der Waals surface area contributed by atoms with Gasteiger partial charge in [-0.15, -0.1) is 0 Å². The molecule has 0 bridgehead atoms. The average molecular weight is 255 g/mol. The molecule has 0 N–H and O–H groups in total. The second kappa shape index (κ2) is 4.44. The summed E-state index contributed by atoms with van der Waals surface area (Å²) >= 11 is 12.1. The zero-order valence-electron chi connectivity index (χ0n) is 8.60. The van der Waals surface area contributed by atoms with Gasteiger partial charge in [-0.3, -0.25) is 0 Å². The van der Waals surface area contributed by atoms with Crippen LogP contribution in [0.25, 0.3) is 11.1 Å². The van der Waals surface area contributed by atoms with Crippen molar-refractivity contribution in [2.45, 2.75) is 6.92 Å². The van der Waals surface area contributed by atoms with Gasteiger partial charge in [0, 0.05) is 16.1 Å². The largest absolute Gasteiger partial charge is 0.207 e. The van der Waals surface area contributed by atoms with Gasteiger partial charge < -0.3 is 0 Å². The summed E-state index contributed by atoms with van der Waals surface area (Å²) in [6, 6.07) is 9.93. The van der Waals surface area contributed by atoms with Crippen LogP contribution >= 0.6 is 23.2 Å². The van der Waals surface area contributed by atoms with Crippen LogP contribution in [-0.2, 0) is 0 Å². The summed E-state index contributed by atoms with van der Waals surface area (Å²) in [6.45, 7) is 1.95. The van der Waals surface area contributed by atoms with Gasteiger partial charge in [-0.05, 0) is 36.8 Å². The number of hydrogen-bond acceptors (Lipinski definition) is 0. The van der Waals surface area contributed by atoms with E-state index < -0.39 is 0 Å². The van der Waals surface area contributed by atoms with Gasteiger partial charge in [0.2, 0.25) is 0 Å². The zero-order valence-corrected chi connectivity index (χ0v) is 10.1. The molecule has 0 radical (unpaired) electrons. The third-order valence-electron chi connectivity index (χ3n) is 2.42. The van der Waals surface area contributed by atoms with Gasteiger partial charge >= 0.3 is 0 Å². The van der Waals surface area contributed by atoms with E-state index in [4.69, 9.17) is 23.2 Å². The molecule has 0 spiro atoms. The van der Waals surface area contributed by atoms with Crippen LogP contribution in [0.15, 0.2) is 36.4 Å². The van der Waals surface area contributed by atoms with Crippen LogP contribution in [0.3, 0.4) is 0 Å². The summed E-state index contributed by atoms with van der Waals surface area (Å²) in [7, 11) is 0. The number of hydrogen-bond donors (Lipinski definition) is 0. The Bertz CT molecular complexity index is 515. The fraction of sp³-hybridized carbons (Fsp3) is 0.0769. The van der Waals surface area contributed by atoms with Gasteiger partial charge in [0.05, 0.1) is 5.02 Å². The Labute approximate surface area is 104 Å². The van der Waals surface area contributed by atoms with Crippen LogP contribution < -0.4 is 0 Å². The lowest BCUT2D eigenvalue weighted by molar-refractivity contribution is 0.628. The first-order valence-electron chi connectivity index (χ1n) is 4.80. The van der Waals surface area contributed by atoms with E-state index in [-0.39, 0.29) is 5.82 Å². The second-order valence-electron chi connectivity index (χ2n) is 3.56. The van der Waals surface area contributed by atoms with E-state index in [2.05, 4.69) is 0 Å². The van der Waals surface area contributed by atoms with Crippen LogP contribution in [-0.4, -0.2) is 0 Å². The minimum atomic E-state index is -0.349. The van der Waals surface area contributed by atoms with Crippen LogP contribution in [0.4, 0.5) is 4.39 Å². The molecule has 2 rings (SSSR count). The number of halogens is 3. The van der Waals surface area contributed by atoms with Gasteiger partial charge in [0.1, 0.15) is 5.82 Å². The third-order valence-corrected chi connectivity index (χ3v) is 3.05. The highest BCUT2D eigenvalue weighted by atomic mass is 35.5. The van der Waals surface area contributed by atoms with Crippen molar-refractivity contribution in [2.24, 2.45) is 0 Å². The minimum Gasteiger partial charge on any atom is -0.207 e. The van der Waals surface area contributed by atoms with Crippen molar-refractivity contribution < 1.29 is 4.39 Å². The summed E-state index contributed by atoms with van der Waals surface area (Å²) in [5.41, 5.74) is 2.63. The van der Waals surface area contributed by atoms with Gasteiger partial charge in [0.15, 0.2) is 0 Å². The summed E-state index contributed by atoms with van der Waals surface area (Å²) < 4.78 is 12.9. The van der Waals surface area contributed by atoms with Crippen LogP contribution in [0.5, 0.6) is 0 Å². The van der Waals surface area contributed by atoms with Crippen LogP contribution in [0, 0.1) is 12.7 Å². The number of aryl methyl sites for hydroxylation is 1. The summed E-state index contributed by atoms with van der Waals surface area (Å²) in [6.07, 6.45) is 0. The maximum absolute atomic E-state index is 12.9.